The van der Waals surface area contributed by atoms with Gasteiger partial charge in [-0.2, -0.15) is 0 Å². The van der Waals surface area contributed by atoms with E-state index in [2.05, 4.69) is 67.8 Å². The van der Waals surface area contributed by atoms with Crippen LogP contribution < -0.4 is 5.32 Å². The Morgan fingerprint density at radius 1 is 0.438 bits per heavy atom. The predicted octanol–water partition coefficient (Wildman–Crippen LogP) is 18.8. The predicted molar refractivity (Wildman–Crippen MR) is 341 cm³/mol. The Morgan fingerprint density at radius 2 is 0.775 bits per heavy atom. The molecular weight excluding hydrogens is 995 g/mol. The van der Waals surface area contributed by atoms with Crippen molar-refractivity contribution in [3.63, 3.8) is 0 Å². The minimum Gasteiger partial charge on any atom is -0.394 e. The molecule has 0 spiro atoms. The van der Waals surface area contributed by atoms with E-state index in [0.29, 0.717) is 12.8 Å². The van der Waals surface area contributed by atoms with Crippen molar-refractivity contribution in [1.29, 1.82) is 0 Å². The van der Waals surface area contributed by atoms with E-state index < -0.39 is 49.5 Å². The molecule has 80 heavy (non-hydrogen) atoms. The van der Waals surface area contributed by atoms with Crippen molar-refractivity contribution in [2.45, 2.75) is 384 Å². The second-order valence-electron chi connectivity index (χ2n) is 24.3. The molecule has 7 unspecified atom stereocenters. The number of ether oxygens (including phenoxy) is 2. The van der Waals surface area contributed by atoms with Crippen LogP contribution in [0.1, 0.15) is 341 Å². The van der Waals surface area contributed by atoms with Crippen LogP contribution in [-0.4, -0.2) is 87.5 Å². The van der Waals surface area contributed by atoms with Crippen LogP contribution >= 0.6 is 0 Å². The van der Waals surface area contributed by atoms with Gasteiger partial charge in [0.2, 0.25) is 5.91 Å². The van der Waals surface area contributed by atoms with Crippen LogP contribution in [0.2, 0.25) is 0 Å². The fourth-order valence-corrected chi connectivity index (χ4v) is 11.3. The average molecular weight is 1130 g/mol. The quantitative estimate of drug-likeness (QED) is 0.0261. The van der Waals surface area contributed by atoms with E-state index >= 15 is 0 Å². The van der Waals surface area contributed by atoms with Crippen LogP contribution in [0.5, 0.6) is 0 Å². The van der Waals surface area contributed by atoms with Gasteiger partial charge in [0.05, 0.1) is 25.4 Å². The molecule has 7 atom stereocenters. The minimum absolute atomic E-state index is 0.133. The molecule has 1 aliphatic rings. The van der Waals surface area contributed by atoms with Crippen LogP contribution in [0.4, 0.5) is 0 Å². The number of unbranched alkanes of at least 4 members (excludes halogenated alkanes) is 43. The van der Waals surface area contributed by atoms with E-state index in [0.717, 1.165) is 64.2 Å². The topological polar surface area (TPSA) is 149 Å². The second kappa shape index (κ2) is 60.3. The highest BCUT2D eigenvalue weighted by atomic mass is 16.7. The summed E-state index contributed by atoms with van der Waals surface area (Å²) in [4.78, 5) is 13.1. The molecule has 0 aromatic carbocycles. The molecule has 0 aliphatic carbocycles. The Hall–Kier alpha value is -1.85. The number of aliphatic hydroxyl groups excluding tert-OH is 5. The third-order valence-electron chi connectivity index (χ3n) is 16.7. The lowest BCUT2D eigenvalue weighted by molar-refractivity contribution is -0.302. The number of carbonyl (C=O) groups excluding carboxylic acids is 1. The van der Waals surface area contributed by atoms with Crippen LogP contribution in [-0.2, 0) is 14.3 Å². The van der Waals surface area contributed by atoms with Crippen LogP contribution in [0.15, 0.2) is 48.6 Å². The molecule has 0 aromatic heterocycles. The molecule has 470 valence electrons. The minimum atomic E-state index is -1.55. The molecule has 9 heteroatoms. The molecule has 1 heterocycles. The molecule has 1 rings (SSSR count). The molecule has 0 bridgehead atoms. The Bertz CT molecular complexity index is 1400. The number of hydrogen-bond acceptors (Lipinski definition) is 8. The third-order valence-corrected chi connectivity index (χ3v) is 16.7. The molecule has 1 fully saturated rings. The van der Waals surface area contributed by atoms with Gasteiger partial charge in [0.25, 0.3) is 0 Å². The summed E-state index contributed by atoms with van der Waals surface area (Å²) in [5.74, 6) is -0.137. The average Bonchev–Trinajstić information content (AvgIpc) is 3.46. The fraction of sp³-hybridized carbons (Fsp3) is 0.873. The summed E-state index contributed by atoms with van der Waals surface area (Å²) in [7, 11) is 0. The van der Waals surface area contributed by atoms with Gasteiger partial charge in [0.1, 0.15) is 24.4 Å². The van der Waals surface area contributed by atoms with Gasteiger partial charge in [-0.3, -0.25) is 4.79 Å². The summed E-state index contributed by atoms with van der Waals surface area (Å²) >= 11 is 0. The molecule has 0 saturated carbocycles. The number of aliphatic hydroxyl groups is 5. The number of amides is 1. The van der Waals surface area contributed by atoms with Crippen molar-refractivity contribution < 1.29 is 39.8 Å². The van der Waals surface area contributed by atoms with Crippen LogP contribution in [0.25, 0.3) is 0 Å². The first kappa shape index (κ1) is 76.2. The summed E-state index contributed by atoms with van der Waals surface area (Å²) in [6, 6.07) is -0.717. The van der Waals surface area contributed by atoms with Gasteiger partial charge in [0.15, 0.2) is 6.29 Å². The first-order chi connectivity index (χ1) is 39.3. The molecule has 1 saturated heterocycles. The molecule has 9 nitrogen and oxygen atoms in total. The van der Waals surface area contributed by atoms with Gasteiger partial charge in [-0.1, -0.05) is 332 Å². The number of rotatable bonds is 61. The Kier molecular flexibility index (Phi) is 57.4. The second-order valence-corrected chi connectivity index (χ2v) is 24.3. The zero-order valence-corrected chi connectivity index (χ0v) is 52.6. The van der Waals surface area contributed by atoms with Crippen LogP contribution in [0.3, 0.4) is 0 Å². The molecule has 0 radical (unpaired) electrons. The standard InChI is InChI=1S/C71H133NO8/c1-3-5-7-9-11-13-15-17-19-21-23-24-25-26-27-28-29-30-31-32-33-34-35-36-37-38-39-40-41-42-43-45-47-49-51-53-55-57-59-61-67(75)72-64(63-79-71-70(78)69(77)68(76)66(62-73)80-71)65(74)60-58-56-54-52-50-48-46-44-22-20-18-16-14-12-10-8-6-4-2/h5,7,11,13,17,19,23-24,64-66,68-71,73-74,76-78H,3-4,6,8-10,12,14-16,18,20-22,25-63H2,1-2H3,(H,72,75)/b7-5-,13-11-,19-17-,24-23-. The van der Waals surface area contributed by atoms with Gasteiger partial charge < -0.3 is 40.3 Å². The lowest BCUT2D eigenvalue weighted by atomic mass is 9.99. The van der Waals surface area contributed by atoms with Gasteiger partial charge in [0, 0.05) is 6.42 Å². The number of allylic oxidation sites excluding steroid dienone is 8. The summed E-state index contributed by atoms with van der Waals surface area (Å²) in [5.41, 5.74) is 0. The van der Waals surface area contributed by atoms with Crippen molar-refractivity contribution in [1.82, 2.24) is 5.32 Å². The molecule has 6 N–H and O–H groups in total. The van der Waals surface area contributed by atoms with Crippen molar-refractivity contribution in [2.75, 3.05) is 13.2 Å². The fourth-order valence-electron chi connectivity index (χ4n) is 11.3. The molecule has 1 aliphatic heterocycles. The normalized spacial score (nSPS) is 18.7. The van der Waals surface area contributed by atoms with E-state index in [9.17, 15) is 30.3 Å². The van der Waals surface area contributed by atoms with Crippen molar-refractivity contribution >= 4 is 5.91 Å². The van der Waals surface area contributed by atoms with E-state index in [1.807, 2.05) is 0 Å². The van der Waals surface area contributed by atoms with Gasteiger partial charge in [-0.05, 0) is 51.4 Å². The highest BCUT2D eigenvalue weighted by Crippen LogP contribution is 2.24. The zero-order valence-electron chi connectivity index (χ0n) is 52.6. The van der Waals surface area contributed by atoms with E-state index in [1.54, 1.807) is 0 Å². The Morgan fingerprint density at radius 3 is 1.15 bits per heavy atom. The summed E-state index contributed by atoms with van der Waals surface area (Å²) in [6.07, 6.45) is 74.8. The van der Waals surface area contributed by atoms with E-state index in [-0.39, 0.29) is 12.5 Å². The number of nitrogens with one attached hydrogen (secondary N) is 1. The summed E-state index contributed by atoms with van der Waals surface area (Å²) in [5, 5.41) is 54.8. The molecule has 1 amide bonds. The third kappa shape index (κ3) is 48.5. The lowest BCUT2D eigenvalue weighted by Crippen LogP contribution is -2.60. The summed E-state index contributed by atoms with van der Waals surface area (Å²) in [6.45, 7) is 3.77. The Balaban J connectivity index is 2.03. The molecular formula is C71H133NO8. The largest absolute Gasteiger partial charge is 0.394 e. The van der Waals surface area contributed by atoms with Crippen molar-refractivity contribution in [3.8, 4) is 0 Å². The highest BCUT2D eigenvalue weighted by molar-refractivity contribution is 5.76. The SMILES string of the molecule is CC/C=C\C/C=C\C/C=C\C/C=C\CCCCCCCCCCCCCCCCCCCCCCCCCCCCC(=O)NC(COC1OC(CO)C(O)C(O)C1O)C(O)CCCCCCCCCCCCCCCCCCCC. The first-order valence-corrected chi connectivity index (χ1v) is 34.8. The van der Waals surface area contributed by atoms with Gasteiger partial charge >= 0.3 is 0 Å². The monoisotopic (exact) mass is 1130 g/mol. The van der Waals surface area contributed by atoms with Crippen molar-refractivity contribution in [2.24, 2.45) is 0 Å². The van der Waals surface area contributed by atoms with Crippen LogP contribution in [0, 0.1) is 0 Å². The zero-order chi connectivity index (χ0) is 57.9. The van der Waals surface area contributed by atoms with E-state index in [4.69, 9.17) is 9.47 Å². The highest BCUT2D eigenvalue weighted by Gasteiger charge is 2.44. The molecule has 0 aromatic rings. The smallest absolute Gasteiger partial charge is 0.220 e. The maximum absolute atomic E-state index is 13.1. The number of hydrogen-bond donors (Lipinski definition) is 6. The van der Waals surface area contributed by atoms with Gasteiger partial charge in [-0.15, -0.1) is 0 Å². The maximum atomic E-state index is 13.1. The maximum Gasteiger partial charge on any atom is 0.220 e. The number of carbonyl (C=O) groups is 1. The van der Waals surface area contributed by atoms with Gasteiger partial charge in [-0.25, -0.2) is 0 Å². The van der Waals surface area contributed by atoms with Crippen molar-refractivity contribution in [3.05, 3.63) is 48.6 Å². The lowest BCUT2D eigenvalue weighted by Gasteiger charge is -2.40. The Labute approximate surface area is 494 Å². The summed E-state index contributed by atoms with van der Waals surface area (Å²) < 4.78 is 11.4. The van der Waals surface area contributed by atoms with E-state index in [1.165, 1.54) is 250 Å². The first-order valence-electron chi connectivity index (χ1n) is 34.8.